The van der Waals surface area contributed by atoms with E-state index >= 15 is 0 Å². The molecule has 25 heavy (non-hydrogen) atoms. The fourth-order valence-corrected chi connectivity index (χ4v) is 3.65. The maximum absolute atomic E-state index is 12.3. The number of hydrogen-bond acceptors (Lipinski definition) is 5. The summed E-state index contributed by atoms with van der Waals surface area (Å²) in [5.74, 6) is 0.413. The van der Waals surface area contributed by atoms with E-state index in [-0.39, 0.29) is 22.8 Å². The van der Waals surface area contributed by atoms with Crippen molar-refractivity contribution >= 4 is 17.2 Å². The molecule has 0 aromatic carbocycles. The molecule has 0 unspecified atom stereocenters. The van der Waals surface area contributed by atoms with Crippen molar-refractivity contribution in [2.75, 3.05) is 13.1 Å². The molecule has 2 aromatic heterocycles. The van der Waals surface area contributed by atoms with Crippen molar-refractivity contribution in [1.29, 1.82) is 0 Å². The van der Waals surface area contributed by atoms with Gasteiger partial charge in [-0.3, -0.25) is 9.59 Å². The Morgan fingerprint density at radius 3 is 2.64 bits per heavy atom. The number of rotatable bonds is 4. The van der Waals surface area contributed by atoms with Crippen LogP contribution in [0.25, 0.3) is 0 Å². The summed E-state index contributed by atoms with van der Waals surface area (Å²) in [5.41, 5.74) is 0.724. The molecule has 0 aliphatic carbocycles. The van der Waals surface area contributed by atoms with Gasteiger partial charge in [0.05, 0.1) is 23.7 Å². The second kappa shape index (κ2) is 6.71. The summed E-state index contributed by atoms with van der Waals surface area (Å²) in [6.07, 6.45) is 2.19. The van der Waals surface area contributed by atoms with Gasteiger partial charge in [-0.15, -0.1) is 11.3 Å². The third kappa shape index (κ3) is 4.15. The van der Waals surface area contributed by atoms with Crippen molar-refractivity contribution in [3.05, 3.63) is 44.3 Å². The number of carbonyl (C=O) groups is 1. The predicted octanol–water partition coefficient (Wildman–Crippen LogP) is 2.01. The van der Waals surface area contributed by atoms with E-state index in [1.54, 1.807) is 34.3 Å². The van der Waals surface area contributed by atoms with Crippen molar-refractivity contribution in [3.63, 3.8) is 0 Å². The summed E-state index contributed by atoms with van der Waals surface area (Å²) >= 11 is 1.56. The van der Waals surface area contributed by atoms with E-state index in [4.69, 9.17) is 0 Å². The minimum Gasteiger partial charge on any atom is -0.342 e. The lowest BCUT2D eigenvalue weighted by molar-refractivity contribution is -0.137. The Bertz CT molecular complexity index is 828. The van der Waals surface area contributed by atoms with Gasteiger partial charge in [-0.2, -0.15) is 5.10 Å². The molecular formula is C18H24N4O2S. The molecule has 0 bridgehead atoms. The molecule has 3 rings (SSSR count). The zero-order chi connectivity index (χ0) is 18.2. The van der Waals surface area contributed by atoms with Crippen LogP contribution in [0, 0.1) is 12.8 Å². The van der Waals surface area contributed by atoms with Gasteiger partial charge >= 0.3 is 0 Å². The zero-order valence-corrected chi connectivity index (χ0v) is 16.0. The highest BCUT2D eigenvalue weighted by molar-refractivity contribution is 7.11. The van der Waals surface area contributed by atoms with Crippen LogP contribution in [-0.2, 0) is 23.2 Å². The summed E-state index contributed by atoms with van der Waals surface area (Å²) in [4.78, 5) is 31.4. The van der Waals surface area contributed by atoms with Crippen LogP contribution >= 0.6 is 11.3 Å². The Morgan fingerprint density at radius 2 is 2.04 bits per heavy atom. The minimum atomic E-state index is -0.0933. The van der Waals surface area contributed by atoms with Gasteiger partial charge in [0, 0.05) is 41.6 Å². The van der Waals surface area contributed by atoms with Crippen LogP contribution < -0.4 is 5.56 Å². The van der Waals surface area contributed by atoms with Crippen molar-refractivity contribution < 1.29 is 4.79 Å². The smallest absolute Gasteiger partial charge is 0.266 e. The fourth-order valence-electron chi connectivity index (χ4n) is 2.86. The van der Waals surface area contributed by atoms with Gasteiger partial charge in [-0.05, 0) is 13.0 Å². The van der Waals surface area contributed by atoms with E-state index in [0.29, 0.717) is 26.1 Å². The van der Waals surface area contributed by atoms with Gasteiger partial charge in [0.2, 0.25) is 5.91 Å². The molecule has 0 atom stereocenters. The van der Waals surface area contributed by atoms with E-state index in [9.17, 15) is 9.59 Å². The zero-order valence-electron chi connectivity index (χ0n) is 15.2. The maximum atomic E-state index is 12.3. The van der Waals surface area contributed by atoms with Crippen LogP contribution in [0.1, 0.15) is 36.3 Å². The molecule has 0 spiro atoms. The van der Waals surface area contributed by atoms with E-state index in [2.05, 4.69) is 30.9 Å². The SMILES string of the molecule is Cc1ncc(CC(=O)N2CC(Cn3nc(C(C)(C)C)ccc3=O)C2)s1. The van der Waals surface area contributed by atoms with Gasteiger partial charge in [0.25, 0.3) is 5.56 Å². The number of aryl methyl sites for hydroxylation is 1. The Labute approximate surface area is 151 Å². The Morgan fingerprint density at radius 1 is 1.32 bits per heavy atom. The number of hydrogen-bond donors (Lipinski definition) is 0. The van der Waals surface area contributed by atoms with Crippen molar-refractivity contribution in [2.24, 2.45) is 5.92 Å². The lowest BCUT2D eigenvalue weighted by Gasteiger charge is -2.39. The topological polar surface area (TPSA) is 68.1 Å². The first-order valence-electron chi connectivity index (χ1n) is 8.50. The summed E-state index contributed by atoms with van der Waals surface area (Å²) in [6.45, 7) is 10.1. The molecule has 0 saturated carbocycles. The number of aromatic nitrogens is 3. The first-order chi connectivity index (χ1) is 11.7. The number of amides is 1. The fraction of sp³-hybridized carbons (Fsp3) is 0.556. The van der Waals surface area contributed by atoms with Gasteiger partial charge in [-0.25, -0.2) is 9.67 Å². The minimum absolute atomic E-state index is 0.0853. The van der Waals surface area contributed by atoms with Crippen molar-refractivity contribution in [1.82, 2.24) is 19.7 Å². The molecule has 3 heterocycles. The standard InChI is InChI=1S/C18H24N4O2S/c1-12-19-8-14(25-12)7-17(24)21-9-13(10-21)11-22-16(23)6-5-15(20-22)18(2,3)4/h5-6,8,13H,7,9-11H2,1-4H3. The molecule has 1 fully saturated rings. The van der Waals surface area contributed by atoms with Gasteiger partial charge < -0.3 is 4.90 Å². The second-order valence-corrected chi connectivity index (χ2v) is 9.00. The average Bonchev–Trinajstić information content (AvgIpc) is 2.87. The first kappa shape index (κ1) is 17.8. The Balaban J connectivity index is 1.57. The molecule has 1 amide bonds. The summed E-state index contributed by atoms with van der Waals surface area (Å²) < 4.78 is 1.54. The molecule has 0 radical (unpaired) electrons. The van der Waals surface area contributed by atoms with E-state index in [1.165, 1.54) is 0 Å². The van der Waals surface area contributed by atoms with Crippen LogP contribution in [0.2, 0.25) is 0 Å². The summed E-state index contributed by atoms with van der Waals surface area (Å²) in [7, 11) is 0. The molecule has 2 aromatic rings. The Hall–Kier alpha value is -2.02. The van der Waals surface area contributed by atoms with Crippen LogP contribution in [0.5, 0.6) is 0 Å². The maximum Gasteiger partial charge on any atom is 0.266 e. The van der Waals surface area contributed by atoms with Crippen LogP contribution in [-0.4, -0.2) is 38.7 Å². The van der Waals surface area contributed by atoms with Gasteiger partial charge in [0.1, 0.15) is 0 Å². The van der Waals surface area contributed by atoms with Gasteiger partial charge in [0.15, 0.2) is 0 Å². The highest BCUT2D eigenvalue weighted by Gasteiger charge is 2.31. The van der Waals surface area contributed by atoms with E-state index < -0.39 is 0 Å². The quantitative estimate of drug-likeness (QED) is 0.836. The highest BCUT2D eigenvalue weighted by Crippen LogP contribution is 2.21. The van der Waals surface area contributed by atoms with Gasteiger partial charge in [-0.1, -0.05) is 20.8 Å². The van der Waals surface area contributed by atoms with Crippen molar-refractivity contribution in [2.45, 2.75) is 46.1 Å². The largest absolute Gasteiger partial charge is 0.342 e. The monoisotopic (exact) mass is 360 g/mol. The number of carbonyl (C=O) groups excluding carboxylic acids is 1. The van der Waals surface area contributed by atoms with Crippen molar-refractivity contribution in [3.8, 4) is 0 Å². The van der Waals surface area contributed by atoms with E-state index in [0.717, 1.165) is 15.6 Å². The number of likely N-dealkylation sites (tertiary alicyclic amines) is 1. The molecule has 7 heteroatoms. The lowest BCUT2D eigenvalue weighted by atomic mass is 9.92. The highest BCUT2D eigenvalue weighted by atomic mass is 32.1. The normalized spacial score (nSPS) is 15.3. The van der Waals surface area contributed by atoms with Crippen LogP contribution in [0.3, 0.4) is 0 Å². The number of thiazole rings is 1. The van der Waals surface area contributed by atoms with Crippen LogP contribution in [0.4, 0.5) is 0 Å². The molecule has 6 nitrogen and oxygen atoms in total. The Kier molecular flexibility index (Phi) is 4.77. The molecule has 1 aliphatic rings. The summed E-state index contributed by atoms with van der Waals surface area (Å²) in [5, 5.41) is 5.48. The van der Waals surface area contributed by atoms with E-state index in [1.807, 2.05) is 11.8 Å². The predicted molar refractivity (Wildman–Crippen MR) is 97.8 cm³/mol. The third-order valence-electron chi connectivity index (χ3n) is 4.37. The lowest BCUT2D eigenvalue weighted by Crippen LogP contribution is -2.52. The summed E-state index contributed by atoms with van der Waals surface area (Å²) in [6, 6.07) is 3.38. The molecule has 134 valence electrons. The number of nitrogens with zero attached hydrogens (tertiary/aromatic N) is 4. The molecule has 0 N–H and O–H groups in total. The average molecular weight is 360 g/mol. The third-order valence-corrected chi connectivity index (χ3v) is 5.28. The molecular weight excluding hydrogens is 336 g/mol. The molecule has 1 saturated heterocycles. The van der Waals surface area contributed by atoms with Crippen LogP contribution in [0.15, 0.2) is 23.1 Å². The first-order valence-corrected chi connectivity index (χ1v) is 9.32. The second-order valence-electron chi connectivity index (χ2n) is 7.68. The molecule has 1 aliphatic heterocycles.